The van der Waals surface area contributed by atoms with Gasteiger partial charge in [0.15, 0.2) is 5.65 Å². The average Bonchev–Trinajstić information content (AvgIpc) is 3.51. The summed E-state index contributed by atoms with van der Waals surface area (Å²) in [5.74, 6) is 0.648. The van der Waals surface area contributed by atoms with E-state index in [4.69, 9.17) is 26.1 Å². The standard InChI is InChI=1S/C34H48ClN7O4Si/c1-34(2,3)46-33(44)36-21-16-22-10-9-11-23(17-21)42(22)32-37-30-28(31(43)40(32)5)25(19-41(30)20-45-14-15-47(6,7)8)24-12-13-27-26(29(24)35)18-39(4)38-27/h12-13,18-19,21-23H,9-11,14-17,20H2,1-8H3,(H,36,44)/t21-,22+,23-. The second kappa shape index (κ2) is 12.6. The topological polar surface area (TPSA) is 108 Å². The van der Waals surface area contributed by atoms with Gasteiger partial charge in [0.25, 0.3) is 5.56 Å². The molecule has 11 nitrogen and oxygen atoms in total. The highest BCUT2D eigenvalue weighted by Gasteiger charge is 2.41. The molecule has 0 radical (unpaired) electrons. The molecular formula is C34H48ClN7O4Si. The molecule has 3 aromatic heterocycles. The number of alkyl carbamates (subject to hydrolysis) is 1. The minimum atomic E-state index is -1.29. The predicted molar refractivity (Wildman–Crippen MR) is 190 cm³/mol. The van der Waals surface area contributed by atoms with Crippen molar-refractivity contribution in [3.8, 4) is 11.1 Å². The zero-order chi connectivity index (χ0) is 33.8. The van der Waals surface area contributed by atoms with Crippen LogP contribution in [-0.2, 0) is 30.3 Å². The number of carbonyl (C=O) groups is 1. The summed E-state index contributed by atoms with van der Waals surface area (Å²) < 4.78 is 17.1. The quantitative estimate of drug-likeness (QED) is 0.164. The number of ether oxygens (including phenoxy) is 2. The molecule has 1 N–H and O–H groups in total. The highest BCUT2D eigenvalue weighted by atomic mass is 35.5. The van der Waals surface area contributed by atoms with Gasteiger partial charge in [-0.3, -0.25) is 14.0 Å². The van der Waals surface area contributed by atoms with Crippen LogP contribution < -0.4 is 15.8 Å². The molecule has 2 fully saturated rings. The SMILES string of the molecule is Cn1cc2c(Cl)c(-c3cn(COCC[Si](C)(C)C)c4nc(N5[C@@H]6CCC[C@H]5C[C@@H](NC(=O)OC(C)(C)C)C6)n(C)c(=O)c34)ccc2n1. The van der Waals surface area contributed by atoms with Crippen molar-refractivity contribution < 1.29 is 14.3 Å². The van der Waals surface area contributed by atoms with Gasteiger partial charge < -0.3 is 24.3 Å². The third-order valence-corrected chi connectivity index (χ3v) is 11.4. The Morgan fingerprint density at radius 1 is 1.09 bits per heavy atom. The molecule has 1 amide bonds. The molecule has 2 bridgehead atoms. The van der Waals surface area contributed by atoms with E-state index in [-0.39, 0.29) is 36.5 Å². The van der Waals surface area contributed by atoms with Crippen LogP contribution >= 0.6 is 11.6 Å². The van der Waals surface area contributed by atoms with Gasteiger partial charge in [-0.15, -0.1) is 0 Å². The van der Waals surface area contributed by atoms with Gasteiger partial charge in [-0.1, -0.05) is 37.3 Å². The van der Waals surface area contributed by atoms with E-state index >= 15 is 0 Å². The number of aryl methyl sites for hydroxylation is 1. The molecule has 2 saturated heterocycles. The van der Waals surface area contributed by atoms with E-state index in [1.54, 1.807) is 9.25 Å². The Labute approximate surface area is 282 Å². The number of aromatic nitrogens is 5. The zero-order valence-electron chi connectivity index (χ0n) is 28.9. The van der Waals surface area contributed by atoms with E-state index in [1.165, 1.54) is 0 Å². The summed E-state index contributed by atoms with van der Waals surface area (Å²) in [5.41, 5.74) is 2.18. The van der Waals surface area contributed by atoms with Gasteiger partial charge >= 0.3 is 6.09 Å². The molecule has 5 heterocycles. The highest BCUT2D eigenvalue weighted by molar-refractivity contribution is 6.76. The molecule has 6 rings (SSSR count). The predicted octanol–water partition coefficient (Wildman–Crippen LogP) is 6.67. The molecule has 13 heteroatoms. The molecule has 2 aliphatic rings. The minimum absolute atomic E-state index is 0.00285. The van der Waals surface area contributed by atoms with E-state index in [0.29, 0.717) is 28.6 Å². The van der Waals surface area contributed by atoms with Gasteiger partial charge in [0.05, 0.1) is 15.9 Å². The number of piperidine rings is 2. The van der Waals surface area contributed by atoms with Crippen molar-refractivity contribution >= 4 is 53.7 Å². The van der Waals surface area contributed by atoms with Crippen molar-refractivity contribution in [2.75, 3.05) is 11.5 Å². The largest absolute Gasteiger partial charge is 0.444 e. The third kappa shape index (κ3) is 6.96. The fraction of sp³-hybridized carbons (Fsp3) is 0.588. The Bertz CT molecular complexity index is 1850. The van der Waals surface area contributed by atoms with Gasteiger partial charge in [0.2, 0.25) is 5.95 Å². The number of hydrogen-bond donors (Lipinski definition) is 1. The fourth-order valence-corrected chi connectivity index (χ4v) is 8.13. The summed E-state index contributed by atoms with van der Waals surface area (Å²) in [5, 5.41) is 9.51. The number of rotatable bonds is 8. The van der Waals surface area contributed by atoms with Crippen LogP contribution in [0.15, 0.2) is 29.3 Å². The number of amides is 1. The summed E-state index contributed by atoms with van der Waals surface area (Å²) in [7, 11) is 2.39. The van der Waals surface area contributed by atoms with E-state index in [0.717, 1.165) is 60.2 Å². The van der Waals surface area contributed by atoms with Crippen molar-refractivity contribution in [1.82, 2.24) is 29.2 Å². The van der Waals surface area contributed by atoms with Crippen LogP contribution in [0, 0.1) is 0 Å². The third-order valence-electron chi connectivity index (χ3n) is 9.26. The summed E-state index contributed by atoms with van der Waals surface area (Å²) >= 11 is 7.01. The van der Waals surface area contributed by atoms with Crippen molar-refractivity contribution in [3.05, 3.63) is 39.9 Å². The van der Waals surface area contributed by atoms with E-state index in [2.05, 4.69) is 35.0 Å². The first-order chi connectivity index (χ1) is 22.1. The number of anilines is 1. The molecular weight excluding hydrogens is 634 g/mol. The Morgan fingerprint density at radius 3 is 2.45 bits per heavy atom. The normalized spacial score (nSPS) is 20.3. The maximum absolute atomic E-state index is 14.4. The maximum atomic E-state index is 14.4. The van der Waals surface area contributed by atoms with Crippen LogP contribution in [0.25, 0.3) is 33.1 Å². The number of benzene rings is 1. The first-order valence-corrected chi connectivity index (χ1v) is 20.8. The van der Waals surface area contributed by atoms with Crippen molar-refractivity contribution in [3.63, 3.8) is 0 Å². The lowest BCUT2D eigenvalue weighted by atomic mass is 9.82. The first kappa shape index (κ1) is 33.5. The molecule has 2 aliphatic heterocycles. The van der Waals surface area contributed by atoms with Crippen LogP contribution in [0.2, 0.25) is 30.7 Å². The van der Waals surface area contributed by atoms with Gasteiger partial charge in [0, 0.05) is 75.8 Å². The maximum Gasteiger partial charge on any atom is 0.407 e. The summed E-state index contributed by atoms with van der Waals surface area (Å²) in [6.07, 6.45) is 8.01. The van der Waals surface area contributed by atoms with Gasteiger partial charge in [-0.05, 0) is 65.0 Å². The van der Waals surface area contributed by atoms with E-state index in [9.17, 15) is 9.59 Å². The number of hydrogen-bond acceptors (Lipinski definition) is 7. The number of nitrogens with zero attached hydrogens (tertiary/aromatic N) is 6. The van der Waals surface area contributed by atoms with Gasteiger partial charge in [-0.25, -0.2) is 4.79 Å². The number of nitrogens with one attached hydrogen (secondary N) is 1. The first-order valence-electron chi connectivity index (χ1n) is 16.7. The summed E-state index contributed by atoms with van der Waals surface area (Å²) in [4.78, 5) is 34.6. The Hall–Kier alpha value is -3.35. The zero-order valence-corrected chi connectivity index (χ0v) is 30.6. The fourth-order valence-electron chi connectivity index (χ4n) is 7.07. The summed E-state index contributed by atoms with van der Waals surface area (Å²) in [6, 6.07) is 5.18. The van der Waals surface area contributed by atoms with Crippen LogP contribution in [0.3, 0.4) is 0 Å². The minimum Gasteiger partial charge on any atom is -0.444 e. The smallest absolute Gasteiger partial charge is 0.407 e. The average molecular weight is 682 g/mol. The number of carbonyl (C=O) groups excluding carboxylic acids is 1. The number of fused-ring (bicyclic) bond motifs is 4. The molecule has 0 aliphatic carbocycles. The molecule has 3 atom stereocenters. The molecule has 254 valence electrons. The summed E-state index contributed by atoms with van der Waals surface area (Å²) in [6.45, 7) is 13.5. The molecule has 1 aromatic carbocycles. The Morgan fingerprint density at radius 2 is 1.79 bits per heavy atom. The van der Waals surface area contributed by atoms with Crippen LogP contribution in [0.5, 0.6) is 0 Å². The van der Waals surface area contributed by atoms with Gasteiger partial charge in [0.1, 0.15) is 12.3 Å². The van der Waals surface area contributed by atoms with Crippen LogP contribution in [0.1, 0.15) is 52.9 Å². The van der Waals surface area contributed by atoms with E-state index < -0.39 is 13.7 Å². The Balaban J connectivity index is 1.40. The second-order valence-corrected chi connectivity index (χ2v) is 21.5. The van der Waals surface area contributed by atoms with Crippen molar-refractivity contribution in [2.45, 2.75) is 109 Å². The highest BCUT2D eigenvalue weighted by Crippen LogP contribution is 2.40. The monoisotopic (exact) mass is 681 g/mol. The molecule has 47 heavy (non-hydrogen) atoms. The van der Waals surface area contributed by atoms with Crippen LogP contribution in [-0.4, -0.2) is 68.4 Å². The van der Waals surface area contributed by atoms with Crippen LogP contribution in [0.4, 0.5) is 10.7 Å². The lowest BCUT2D eigenvalue weighted by Gasteiger charge is -2.49. The molecule has 0 spiro atoms. The number of halogens is 1. The molecule has 4 aromatic rings. The lowest BCUT2D eigenvalue weighted by molar-refractivity contribution is 0.0482. The Kier molecular flexibility index (Phi) is 8.99. The lowest BCUT2D eigenvalue weighted by Crippen LogP contribution is -2.58. The van der Waals surface area contributed by atoms with E-state index in [1.807, 2.05) is 64.0 Å². The molecule has 0 unspecified atom stereocenters. The van der Waals surface area contributed by atoms with Crippen molar-refractivity contribution in [1.29, 1.82) is 0 Å². The van der Waals surface area contributed by atoms with Crippen molar-refractivity contribution in [2.24, 2.45) is 14.1 Å². The molecule has 0 saturated carbocycles. The second-order valence-electron chi connectivity index (χ2n) is 15.5. The van der Waals surface area contributed by atoms with Gasteiger partial charge in [-0.2, -0.15) is 10.1 Å².